The second kappa shape index (κ2) is 10.9. The van der Waals surface area contributed by atoms with Gasteiger partial charge in [-0.05, 0) is 0 Å². The van der Waals surface area contributed by atoms with Gasteiger partial charge in [-0.25, -0.2) is 0 Å². The fraction of sp³-hybridized carbons (Fsp3) is 0.0833. The molecule has 2 N–H and O–H groups in total. The van der Waals surface area contributed by atoms with Crippen LogP contribution in [0.5, 0.6) is 5.75 Å². The molecule has 0 spiro atoms. The predicted molar refractivity (Wildman–Crippen MR) is 137 cm³/mol. The Kier molecular flexibility index (Phi) is 7.81. The summed E-state index contributed by atoms with van der Waals surface area (Å²) in [4.78, 5) is -0.359. The Morgan fingerprint density at radius 1 is 0.757 bits per heavy atom. The molecular weight excluding hydrogens is 598 g/mol. The number of nitrogens with one attached hydrogen (secondary N) is 1. The fourth-order valence-corrected chi connectivity index (χ4v) is 5.73. The monoisotopic (exact) mass is 620 g/mol. The zero-order chi connectivity index (χ0) is 26.6. The first-order valence-electron chi connectivity index (χ1n) is 10.7. The van der Waals surface area contributed by atoms with E-state index in [4.69, 9.17) is 0 Å². The van der Waals surface area contributed by atoms with Crippen LogP contribution < -0.4 is 5.32 Å². The summed E-state index contributed by atoms with van der Waals surface area (Å²) in [5, 5.41) is 31.0. The van der Waals surface area contributed by atoms with Gasteiger partial charge in [-0.3, -0.25) is 0 Å². The molecule has 4 aromatic rings. The summed E-state index contributed by atoms with van der Waals surface area (Å²) in [6.07, 6.45) is 1.08. The maximum atomic E-state index is 13.0. The number of aromatic hydroxyl groups is 1. The summed E-state index contributed by atoms with van der Waals surface area (Å²) in [5.41, 5.74) is 0.970. The Hall–Kier alpha value is -3.47. The molecule has 0 aromatic heterocycles. The van der Waals surface area contributed by atoms with Crippen molar-refractivity contribution < 1.29 is 40.5 Å². The van der Waals surface area contributed by atoms with E-state index in [1.54, 1.807) is 66.7 Å². The first-order valence-corrected chi connectivity index (χ1v) is 16.6. The van der Waals surface area contributed by atoms with Crippen molar-refractivity contribution in [1.29, 1.82) is 0 Å². The molecule has 0 atom stereocenters. The van der Waals surface area contributed by atoms with Gasteiger partial charge in [0.1, 0.15) is 0 Å². The maximum absolute atomic E-state index is 13.0. The summed E-state index contributed by atoms with van der Waals surface area (Å²) in [6.45, 7) is 0. The van der Waals surface area contributed by atoms with Crippen LogP contribution in [0, 0.1) is 0 Å². The number of hydrogen-bond acceptors (Lipinski definition) is 10. The molecule has 0 bridgehead atoms. The number of nitrogens with zero attached hydrogens (tertiary/aromatic N) is 4. The average molecular weight is 619 g/mol. The van der Waals surface area contributed by atoms with Crippen LogP contribution in [0.25, 0.3) is 10.8 Å². The standard InChI is InChI=1S/C24H20N5O5S2.Mo/c1-36(33,34)15-25-18-12-13-19-20(14-18)21(28-26-16-8-4-2-5-9-16)24(35(31)32)22(23(19)30)29-27-17-10-6-3-7-11-17;/h2-14,25,30H,15H2,1H3;/b28-26+,29-27+;. The van der Waals surface area contributed by atoms with Gasteiger partial charge in [0.05, 0.1) is 0 Å². The molecular formula is C24H20MoN5O5S2. The molecule has 189 valence electrons. The van der Waals surface area contributed by atoms with Gasteiger partial charge in [-0.15, -0.1) is 0 Å². The van der Waals surface area contributed by atoms with E-state index in [1.165, 1.54) is 12.1 Å². The van der Waals surface area contributed by atoms with Gasteiger partial charge in [-0.1, -0.05) is 0 Å². The minimum absolute atomic E-state index is 0.0631. The average Bonchev–Trinajstić information content (AvgIpc) is 2.86. The van der Waals surface area contributed by atoms with Crippen molar-refractivity contribution in [3.8, 4) is 5.75 Å². The van der Waals surface area contributed by atoms with Crippen LogP contribution >= 0.6 is 0 Å². The van der Waals surface area contributed by atoms with Gasteiger partial charge in [0.15, 0.2) is 0 Å². The van der Waals surface area contributed by atoms with Crippen molar-refractivity contribution in [2.75, 3.05) is 17.4 Å². The predicted octanol–water partition coefficient (Wildman–Crippen LogP) is 6.03. The molecule has 37 heavy (non-hydrogen) atoms. The van der Waals surface area contributed by atoms with Crippen molar-refractivity contribution >= 4 is 56.6 Å². The first kappa shape index (κ1) is 26.6. The zero-order valence-corrected chi connectivity index (χ0v) is 22.9. The summed E-state index contributed by atoms with van der Waals surface area (Å²) in [6, 6.07) is 21.9. The van der Waals surface area contributed by atoms with E-state index in [0.717, 1.165) is 24.8 Å². The van der Waals surface area contributed by atoms with Crippen molar-refractivity contribution in [3.63, 3.8) is 0 Å². The number of sulfone groups is 1. The van der Waals surface area contributed by atoms with Crippen LogP contribution in [0.2, 0.25) is 0 Å². The van der Waals surface area contributed by atoms with Gasteiger partial charge < -0.3 is 0 Å². The van der Waals surface area contributed by atoms with Crippen molar-refractivity contribution in [1.82, 2.24) is 0 Å². The van der Waals surface area contributed by atoms with E-state index in [0.29, 0.717) is 17.1 Å². The van der Waals surface area contributed by atoms with Crippen molar-refractivity contribution in [3.05, 3.63) is 78.9 Å². The number of anilines is 1. The normalized spacial score (nSPS) is 12.5. The Morgan fingerprint density at radius 3 is 1.81 bits per heavy atom. The summed E-state index contributed by atoms with van der Waals surface area (Å²) in [7, 11) is -7.35. The third kappa shape index (κ3) is 6.65. The van der Waals surface area contributed by atoms with E-state index in [2.05, 4.69) is 25.8 Å². The van der Waals surface area contributed by atoms with E-state index in [-0.39, 0.29) is 32.9 Å². The molecule has 0 amide bonds. The Morgan fingerprint density at radius 2 is 1.30 bits per heavy atom. The second-order valence-electron chi connectivity index (χ2n) is 7.91. The van der Waals surface area contributed by atoms with Gasteiger partial charge in [0.2, 0.25) is 0 Å². The van der Waals surface area contributed by atoms with Crippen LogP contribution in [0.4, 0.5) is 28.4 Å². The molecule has 4 aromatic carbocycles. The number of azo groups is 2. The summed E-state index contributed by atoms with van der Waals surface area (Å²) >= 11 is 0.883. The topological polar surface area (TPSA) is 150 Å². The number of hydrogen-bond donors (Lipinski definition) is 2. The molecule has 0 heterocycles. The number of benzene rings is 4. The van der Waals surface area contributed by atoms with Crippen LogP contribution in [-0.4, -0.2) is 34.1 Å². The van der Waals surface area contributed by atoms with Crippen molar-refractivity contribution in [2.24, 2.45) is 20.5 Å². The number of rotatable bonds is 8. The summed E-state index contributed by atoms with van der Waals surface area (Å²) in [5.74, 6) is -0.751. The molecule has 0 aliphatic heterocycles. The van der Waals surface area contributed by atoms with Crippen LogP contribution in [-0.2, 0) is 35.9 Å². The third-order valence-electron chi connectivity index (χ3n) is 5.02. The van der Waals surface area contributed by atoms with Gasteiger partial charge in [0, 0.05) is 0 Å². The molecule has 0 aliphatic rings. The molecule has 13 heteroatoms. The van der Waals surface area contributed by atoms with E-state index >= 15 is 0 Å². The third-order valence-corrected chi connectivity index (χ3v) is 7.80. The quantitative estimate of drug-likeness (QED) is 0.182. The zero-order valence-electron chi connectivity index (χ0n) is 19.3. The molecule has 10 nitrogen and oxygen atoms in total. The molecule has 4 rings (SSSR count). The number of phenolic OH excluding ortho intramolecular Hbond substituents is 1. The van der Waals surface area contributed by atoms with E-state index in [9.17, 15) is 21.9 Å². The van der Waals surface area contributed by atoms with Crippen LogP contribution in [0.1, 0.15) is 0 Å². The summed E-state index contributed by atoms with van der Waals surface area (Å²) < 4.78 is 49.3. The Bertz CT molecular complexity index is 1730. The molecule has 0 saturated carbocycles. The SMILES string of the molecule is CS(=O)(=O)CNc1ccc2c(O)c(/N=N/c3ccccc3)c([S](=O)(=O)[Mo])c(/N=N/c3ccccc3)c2c1. The van der Waals surface area contributed by atoms with Gasteiger partial charge in [0.25, 0.3) is 0 Å². The second-order valence-corrected chi connectivity index (χ2v) is 14.6. The van der Waals surface area contributed by atoms with E-state index in [1.807, 2.05) is 0 Å². The Labute approximate surface area is 223 Å². The number of phenols is 1. The fourth-order valence-electron chi connectivity index (χ4n) is 3.37. The Balaban J connectivity index is 2.01. The minimum atomic E-state index is -4.01. The molecule has 0 unspecified atom stereocenters. The number of fused-ring (bicyclic) bond motifs is 1. The van der Waals surface area contributed by atoms with E-state index < -0.39 is 23.1 Å². The molecule has 0 radical (unpaired) electrons. The van der Waals surface area contributed by atoms with Gasteiger partial charge in [-0.2, -0.15) is 0 Å². The molecule has 0 aliphatic carbocycles. The van der Waals surface area contributed by atoms with Crippen molar-refractivity contribution in [2.45, 2.75) is 4.90 Å². The molecule has 0 saturated heterocycles. The van der Waals surface area contributed by atoms with Gasteiger partial charge >= 0.3 is 224 Å². The molecule has 0 fully saturated rings. The first-order chi connectivity index (χ1) is 17.5. The van der Waals surface area contributed by atoms with Crippen LogP contribution in [0.3, 0.4) is 0 Å². The van der Waals surface area contributed by atoms with Crippen LogP contribution in [0.15, 0.2) is 104 Å².